The van der Waals surface area contributed by atoms with Gasteiger partial charge in [0.1, 0.15) is 0 Å². The molecule has 0 spiro atoms. The first-order chi connectivity index (χ1) is 8.31. The van der Waals surface area contributed by atoms with Crippen LogP contribution in [-0.2, 0) is 9.53 Å². The maximum atomic E-state index is 11.6. The Hall–Kier alpha value is -1.77. The number of ether oxygens (including phenoxy) is 1. The lowest BCUT2D eigenvalue weighted by Crippen LogP contribution is -2.07. The van der Waals surface area contributed by atoms with E-state index in [0.29, 0.717) is 12.5 Å². The molecular weight excluding hydrogens is 214 g/mol. The van der Waals surface area contributed by atoms with Crippen LogP contribution >= 0.6 is 0 Å². The quantitative estimate of drug-likeness (QED) is 0.822. The number of nitrogens with one attached hydrogen (secondary N) is 1. The highest BCUT2D eigenvalue weighted by atomic mass is 16.5. The van der Waals surface area contributed by atoms with Gasteiger partial charge in [0.25, 0.3) is 0 Å². The first kappa shape index (κ1) is 10.4. The minimum absolute atomic E-state index is 0.0530. The van der Waals surface area contributed by atoms with Gasteiger partial charge in [-0.2, -0.15) is 0 Å². The van der Waals surface area contributed by atoms with Crippen LogP contribution in [0.5, 0.6) is 0 Å². The second-order valence-electron chi connectivity index (χ2n) is 4.49. The van der Waals surface area contributed by atoms with Crippen LogP contribution in [0.15, 0.2) is 30.5 Å². The zero-order valence-electron chi connectivity index (χ0n) is 9.77. The molecular formula is C14H15NO2. The molecule has 0 amide bonds. The zero-order chi connectivity index (χ0) is 11.8. The Balaban J connectivity index is 1.85. The number of H-pyrrole nitrogens is 1. The molecule has 0 aliphatic heterocycles. The Kier molecular flexibility index (Phi) is 2.39. The highest BCUT2D eigenvalue weighted by Crippen LogP contribution is 2.50. The van der Waals surface area contributed by atoms with Gasteiger partial charge in [0.2, 0.25) is 0 Å². The Morgan fingerprint density at radius 1 is 1.47 bits per heavy atom. The fraction of sp³-hybridized carbons (Fsp3) is 0.357. The normalized spacial score (nSPS) is 22.6. The summed E-state index contributed by atoms with van der Waals surface area (Å²) in [5.41, 5.74) is 2.38. The SMILES string of the molecule is CCOC(=O)[C@H]1CC1c1c[nH]c2ccccc12. The summed E-state index contributed by atoms with van der Waals surface area (Å²) < 4.78 is 5.06. The van der Waals surface area contributed by atoms with Crippen LogP contribution in [0.3, 0.4) is 0 Å². The predicted octanol–water partition coefficient (Wildman–Crippen LogP) is 2.83. The lowest BCUT2D eigenvalue weighted by Gasteiger charge is -2.00. The first-order valence-corrected chi connectivity index (χ1v) is 6.04. The van der Waals surface area contributed by atoms with Gasteiger partial charge >= 0.3 is 5.97 Å². The van der Waals surface area contributed by atoms with E-state index in [2.05, 4.69) is 17.1 Å². The van der Waals surface area contributed by atoms with E-state index in [1.165, 1.54) is 10.9 Å². The average molecular weight is 229 g/mol. The summed E-state index contributed by atoms with van der Waals surface area (Å²) in [5, 5.41) is 1.23. The van der Waals surface area contributed by atoms with Crippen molar-refractivity contribution in [3.63, 3.8) is 0 Å². The van der Waals surface area contributed by atoms with Crippen molar-refractivity contribution in [2.75, 3.05) is 6.61 Å². The molecule has 1 fully saturated rings. The van der Waals surface area contributed by atoms with Gasteiger partial charge in [0.15, 0.2) is 0 Å². The van der Waals surface area contributed by atoms with Crippen molar-refractivity contribution in [2.45, 2.75) is 19.3 Å². The first-order valence-electron chi connectivity index (χ1n) is 6.04. The predicted molar refractivity (Wildman–Crippen MR) is 65.8 cm³/mol. The third kappa shape index (κ3) is 1.71. The second kappa shape index (κ2) is 3.91. The van der Waals surface area contributed by atoms with E-state index >= 15 is 0 Å². The van der Waals surface area contributed by atoms with Gasteiger partial charge in [-0.1, -0.05) is 18.2 Å². The van der Waals surface area contributed by atoms with E-state index in [1.807, 2.05) is 25.3 Å². The van der Waals surface area contributed by atoms with Crippen LogP contribution < -0.4 is 0 Å². The molecule has 0 saturated heterocycles. The molecule has 1 aliphatic carbocycles. The fourth-order valence-corrected chi connectivity index (χ4v) is 2.45. The largest absolute Gasteiger partial charge is 0.466 e. The molecule has 1 aromatic heterocycles. The third-order valence-corrected chi connectivity index (χ3v) is 3.40. The fourth-order valence-electron chi connectivity index (χ4n) is 2.45. The highest BCUT2D eigenvalue weighted by Gasteiger charge is 2.46. The van der Waals surface area contributed by atoms with Crippen molar-refractivity contribution in [2.24, 2.45) is 5.92 Å². The average Bonchev–Trinajstić information content (AvgIpc) is 3.02. The van der Waals surface area contributed by atoms with Crippen LogP contribution in [0.4, 0.5) is 0 Å². The lowest BCUT2D eigenvalue weighted by atomic mass is 10.1. The number of fused-ring (bicyclic) bond motifs is 1. The van der Waals surface area contributed by atoms with Crippen molar-refractivity contribution < 1.29 is 9.53 Å². The molecule has 1 heterocycles. The van der Waals surface area contributed by atoms with Gasteiger partial charge in [-0.15, -0.1) is 0 Å². The highest BCUT2D eigenvalue weighted by molar-refractivity contribution is 5.86. The molecule has 3 heteroatoms. The number of hydrogen-bond donors (Lipinski definition) is 1. The number of carbonyl (C=O) groups is 1. The number of benzene rings is 1. The summed E-state index contributed by atoms with van der Waals surface area (Å²) in [7, 11) is 0. The van der Waals surface area contributed by atoms with Crippen molar-refractivity contribution in [3.8, 4) is 0 Å². The lowest BCUT2D eigenvalue weighted by molar-refractivity contribution is -0.144. The van der Waals surface area contributed by atoms with Crippen LogP contribution in [0.2, 0.25) is 0 Å². The number of rotatable bonds is 3. The molecule has 1 N–H and O–H groups in total. The van der Waals surface area contributed by atoms with Crippen LogP contribution in [0.25, 0.3) is 10.9 Å². The molecule has 1 aliphatic rings. The van der Waals surface area contributed by atoms with Crippen LogP contribution in [0.1, 0.15) is 24.8 Å². The maximum Gasteiger partial charge on any atom is 0.309 e. The number of aromatic nitrogens is 1. The third-order valence-electron chi connectivity index (χ3n) is 3.40. The zero-order valence-corrected chi connectivity index (χ0v) is 9.77. The smallest absolute Gasteiger partial charge is 0.309 e. The number of aromatic amines is 1. The van der Waals surface area contributed by atoms with Gasteiger partial charge in [-0.3, -0.25) is 4.79 Å². The molecule has 2 aromatic rings. The summed E-state index contributed by atoms with van der Waals surface area (Å²) in [5.74, 6) is 0.349. The van der Waals surface area contributed by atoms with Crippen molar-refractivity contribution in [3.05, 3.63) is 36.0 Å². The molecule has 1 saturated carbocycles. The summed E-state index contributed by atoms with van der Waals surface area (Å²) in [6, 6.07) is 8.20. The molecule has 0 bridgehead atoms. The number of carbonyl (C=O) groups excluding carboxylic acids is 1. The van der Waals surface area contributed by atoms with Crippen LogP contribution in [-0.4, -0.2) is 17.6 Å². The maximum absolute atomic E-state index is 11.6. The molecule has 3 nitrogen and oxygen atoms in total. The van der Waals surface area contributed by atoms with Gasteiger partial charge in [0.05, 0.1) is 12.5 Å². The molecule has 2 atom stereocenters. The van der Waals surface area contributed by atoms with E-state index in [9.17, 15) is 4.79 Å². The number of esters is 1. The van der Waals surface area contributed by atoms with E-state index in [0.717, 1.165) is 11.9 Å². The molecule has 17 heavy (non-hydrogen) atoms. The standard InChI is InChI=1S/C14H15NO2/c1-2-17-14(16)11-7-10(11)12-8-15-13-6-4-3-5-9(12)13/h3-6,8,10-11,15H,2,7H2,1H3/t10?,11-/m0/s1. The molecule has 0 radical (unpaired) electrons. The number of hydrogen-bond acceptors (Lipinski definition) is 2. The molecule has 3 rings (SSSR count). The monoisotopic (exact) mass is 229 g/mol. The van der Waals surface area contributed by atoms with Gasteiger partial charge in [-0.05, 0) is 25.0 Å². The summed E-state index contributed by atoms with van der Waals surface area (Å²) in [4.78, 5) is 14.9. The second-order valence-corrected chi connectivity index (χ2v) is 4.49. The molecule has 88 valence electrons. The summed E-state index contributed by atoms with van der Waals surface area (Å²) in [6.07, 6.45) is 2.94. The van der Waals surface area contributed by atoms with Gasteiger partial charge in [-0.25, -0.2) is 0 Å². The topological polar surface area (TPSA) is 42.1 Å². The van der Waals surface area contributed by atoms with Gasteiger partial charge < -0.3 is 9.72 Å². The van der Waals surface area contributed by atoms with Crippen molar-refractivity contribution >= 4 is 16.9 Å². The molecule has 1 unspecified atom stereocenters. The number of para-hydroxylation sites is 1. The Bertz CT molecular complexity index is 558. The summed E-state index contributed by atoms with van der Waals surface area (Å²) in [6.45, 7) is 2.32. The van der Waals surface area contributed by atoms with E-state index in [-0.39, 0.29) is 11.9 Å². The minimum Gasteiger partial charge on any atom is -0.466 e. The van der Waals surface area contributed by atoms with Crippen molar-refractivity contribution in [1.82, 2.24) is 4.98 Å². The van der Waals surface area contributed by atoms with Crippen molar-refractivity contribution in [1.29, 1.82) is 0 Å². The van der Waals surface area contributed by atoms with E-state index < -0.39 is 0 Å². The van der Waals surface area contributed by atoms with E-state index in [1.54, 1.807) is 0 Å². The molecule has 1 aromatic carbocycles. The Morgan fingerprint density at radius 3 is 3.12 bits per heavy atom. The summed E-state index contributed by atoms with van der Waals surface area (Å²) >= 11 is 0. The Labute approximate surface area is 99.8 Å². The van der Waals surface area contributed by atoms with Crippen LogP contribution in [0, 0.1) is 5.92 Å². The van der Waals surface area contributed by atoms with E-state index in [4.69, 9.17) is 4.74 Å². The minimum atomic E-state index is -0.0530. The Morgan fingerprint density at radius 2 is 2.29 bits per heavy atom. The van der Waals surface area contributed by atoms with Gasteiger partial charge in [0, 0.05) is 23.0 Å².